The topological polar surface area (TPSA) is 61.8 Å². The number of nitrogens with one attached hydrogen (secondary N) is 1. The number of carbonyl (C=O) groups is 1. The van der Waals surface area contributed by atoms with Gasteiger partial charge in [0.15, 0.2) is 0 Å². The lowest BCUT2D eigenvalue weighted by atomic mass is 9.79. The summed E-state index contributed by atoms with van der Waals surface area (Å²) in [6.45, 7) is 3.25. The number of alkyl halides is 3. The number of amides is 1. The summed E-state index contributed by atoms with van der Waals surface area (Å²) in [5.74, 6) is 0.221. The highest BCUT2D eigenvalue weighted by molar-refractivity contribution is 7.99. The van der Waals surface area contributed by atoms with Crippen LogP contribution in [-0.2, 0) is 22.3 Å². The minimum atomic E-state index is -4.42. The molecule has 2 N–H and O–H groups in total. The molecule has 1 amide bonds. The Hall–Kier alpha value is -1.29. The SMILES string of the molecule is C[C@@H](O)[C@]1(C(=O)N2CSc3ccc(C(F)(F)F)cc3C2)CC[C@@H](NC2CCOCC2)C1. The molecule has 172 valence electrons. The summed E-state index contributed by atoms with van der Waals surface area (Å²) in [5, 5.41) is 14.3. The fourth-order valence-electron chi connectivity index (χ4n) is 5.03. The van der Waals surface area contributed by atoms with E-state index in [0.717, 1.165) is 49.5 Å². The molecule has 0 aromatic heterocycles. The summed E-state index contributed by atoms with van der Waals surface area (Å²) in [6, 6.07) is 4.21. The van der Waals surface area contributed by atoms with Crippen LogP contribution >= 0.6 is 11.8 Å². The largest absolute Gasteiger partial charge is 0.416 e. The Balaban J connectivity index is 1.48. The Kier molecular flexibility index (Phi) is 6.59. The van der Waals surface area contributed by atoms with Gasteiger partial charge in [-0.05, 0) is 62.8 Å². The van der Waals surface area contributed by atoms with Gasteiger partial charge in [0.1, 0.15) is 0 Å². The lowest BCUT2D eigenvalue weighted by molar-refractivity contribution is -0.148. The van der Waals surface area contributed by atoms with Crippen LogP contribution in [0.2, 0.25) is 0 Å². The molecule has 1 aromatic rings. The van der Waals surface area contributed by atoms with Crippen LogP contribution in [-0.4, -0.2) is 53.2 Å². The van der Waals surface area contributed by atoms with Crippen molar-refractivity contribution in [3.8, 4) is 0 Å². The molecule has 0 bridgehead atoms. The molecule has 1 aromatic carbocycles. The van der Waals surface area contributed by atoms with Gasteiger partial charge in [0.25, 0.3) is 0 Å². The monoisotopic (exact) mass is 458 g/mol. The maximum absolute atomic E-state index is 13.6. The van der Waals surface area contributed by atoms with Crippen LogP contribution in [0.25, 0.3) is 0 Å². The third kappa shape index (κ3) is 4.74. The van der Waals surface area contributed by atoms with Gasteiger partial charge >= 0.3 is 6.18 Å². The average Bonchev–Trinajstić information content (AvgIpc) is 3.17. The van der Waals surface area contributed by atoms with Crippen molar-refractivity contribution in [1.82, 2.24) is 10.2 Å². The summed E-state index contributed by atoms with van der Waals surface area (Å²) >= 11 is 1.37. The van der Waals surface area contributed by atoms with Crippen LogP contribution in [0.1, 0.15) is 50.2 Å². The standard InChI is InChI=1S/C22H29F3N2O3S/c1-14(28)21(7-4-18(11-21)26-17-5-8-30-9-6-17)20(29)27-12-15-10-16(22(23,24)25)2-3-19(15)31-13-27/h2-3,10,14,17-18,26,28H,4-9,11-13H2,1H3/t14-,18-,21+/m1/s1. The quantitative estimate of drug-likeness (QED) is 0.719. The van der Waals surface area contributed by atoms with Crippen molar-refractivity contribution >= 4 is 17.7 Å². The van der Waals surface area contributed by atoms with E-state index in [-0.39, 0.29) is 18.5 Å². The highest BCUT2D eigenvalue weighted by Gasteiger charge is 2.51. The van der Waals surface area contributed by atoms with E-state index in [1.165, 1.54) is 17.8 Å². The molecule has 31 heavy (non-hydrogen) atoms. The number of aliphatic hydroxyl groups is 1. The Morgan fingerprint density at radius 2 is 2.03 bits per heavy atom. The van der Waals surface area contributed by atoms with Gasteiger partial charge in [0, 0.05) is 36.7 Å². The van der Waals surface area contributed by atoms with E-state index in [9.17, 15) is 23.1 Å². The second kappa shape index (κ2) is 8.92. The van der Waals surface area contributed by atoms with Gasteiger partial charge in [-0.25, -0.2) is 0 Å². The number of nitrogens with zero attached hydrogens (tertiary/aromatic N) is 1. The van der Waals surface area contributed by atoms with Gasteiger partial charge in [0.2, 0.25) is 5.91 Å². The predicted octanol–water partition coefficient (Wildman–Crippen LogP) is 3.79. The molecule has 1 saturated heterocycles. The van der Waals surface area contributed by atoms with Crippen LogP contribution < -0.4 is 5.32 Å². The number of ether oxygens (including phenoxy) is 1. The molecule has 3 aliphatic rings. The minimum Gasteiger partial charge on any atom is -0.392 e. The summed E-state index contributed by atoms with van der Waals surface area (Å²) in [7, 11) is 0. The predicted molar refractivity (Wildman–Crippen MR) is 111 cm³/mol. The van der Waals surface area contributed by atoms with Crippen molar-refractivity contribution in [1.29, 1.82) is 0 Å². The van der Waals surface area contributed by atoms with Crippen molar-refractivity contribution in [3.63, 3.8) is 0 Å². The van der Waals surface area contributed by atoms with Crippen LogP contribution in [0, 0.1) is 5.41 Å². The fourth-order valence-corrected chi connectivity index (χ4v) is 6.01. The zero-order valence-electron chi connectivity index (χ0n) is 17.6. The number of fused-ring (bicyclic) bond motifs is 1. The molecule has 0 radical (unpaired) electrons. The molecule has 9 heteroatoms. The summed E-state index contributed by atoms with van der Waals surface area (Å²) in [4.78, 5) is 16.0. The van der Waals surface area contributed by atoms with Crippen LogP contribution in [0.3, 0.4) is 0 Å². The number of benzene rings is 1. The molecule has 2 fully saturated rings. The van der Waals surface area contributed by atoms with Gasteiger partial charge in [-0.2, -0.15) is 13.2 Å². The summed E-state index contributed by atoms with van der Waals surface area (Å²) < 4.78 is 44.8. The smallest absolute Gasteiger partial charge is 0.392 e. The second-order valence-corrected chi connectivity index (χ2v) is 9.91. The first-order chi connectivity index (χ1) is 14.7. The Bertz CT molecular complexity index is 814. The van der Waals surface area contributed by atoms with E-state index < -0.39 is 23.3 Å². The first-order valence-corrected chi connectivity index (χ1v) is 11.8. The highest BCUT2D eigenvalue weighted by Crippen LogP contribution is 2.45. The number of halogens is 3. The zero-order chi connectivity index (χ0) is 22.2. The van der Waals surface area contributed by atoms with Gasteiger partial charge in [-0.1, -0.05) is 0 Å². The summed E-state index contributed by atoms with van der Waals surface area (Å²) in [5.41, 5.74) is -1.09. The van der Waals surface area contributed by atoms with Gasteiger partial charge < -0.3 is 20.1 Å². The van der Waals surface area contributed by atoms with E-state index in [1.54, 1.807) is 11.8 Å². The van der Waals surface area contributed by atoms with Crippen molar-refractivity contribution in [3.05, 3.63) is 29.3 Å². The normalized spacial score (nSPS) is 28.4. The number of hydrogen-bond donors (Lipinski definition) is 2. The maximum Gasteiger partial charge on any atom is 0.416 e. The molecular formula is C22H29F3N2O3S. The van der Waals surface area contributed by atoms with Crippen molar-refractivity contribution in [2.24, 2.45) is 5.41 Å². The average molecular weight is 459 g/mol. The van der Waals surface area contributed by atoms with E-state index >= 15 is 0 Å². The van der Waals surface area contributed by atoms with Crippen LogP contribution in [0.4, 0.5) is 13.2 Å². The van der Waals surface area contributed by atoms with Gasteiger partial charge in [-0.15, -0.1) is 11.8 Å². The Morgan fingerprint density at radius 1 is 1.29 bits per heavy atom. The third-order valence-corrected chi connectivity index (χ3v) is 8.03. The number of aliphatic hydroxyl groups excluding tert-OH is 1. The molecular weight excluding hydrogens is 429 g/mol. The molecule has 3 atom stereocenters. The lowest BCUT2D eigenvalue weighted by Crippen LogP contribution is -2.50. The van der Waals surface area contributed by atoms with E-state index in [2.05, 4.69) is 5.32 Å². The molecule has 1 saturated carbocycles. The number of rotatable bonds is 4. The number of hydrogen-bond acceptors (Lipinski definition) is 5. The lowest BCUT2D eigenvalue weighted by Gasteiger charge is -2.39. The number of carbonyl (C=O) groups excluding carboxylic acids is 1. The molecule has 5 nitrogen and oxygen atoms in total. The van der Waals surface area contributed by atoms with Crippen molar-refractivity contribution in [2.75, 3.05) is 19.1 Å². The van der Waals surface area contributed by atoms with E-state index in [4.69, 9.17) is 4.74 Å². The van der Waals surface area contributed by atoms with Crippen LogP contribution in [0.15, 0.2) is 23.1 Å². The van der Waals surface area contributed by atoms with Crippen molar-refractivity contribution in [2.45, 2.75) is 74.8 Å². The zero-order valence-corrected chi connectivity index (χ0v) is 18.4. The molecule has 0 spiro atoms. The maximum atomic E-state index is 13.6. The van der Waals surface area contributed by atoms with Crippen molar-refractivity contribution < 1.29 is 27.8 Å². The van der Waals surface area contributed by atoms with E-state index in [1.807, 2.05) is 0 Å². The third-order valence-electron chi connectivity index (χ3n) is 6.88. The fraction of sp³-hybridized carbons (Fsp3) is 0.682. The van der Waals surface area contributed by atoms with Gasteiger partial charge in [0.05, 0.1) is 23.0 Å². The molecule has 4 rings (SSSR count). The molecule has 2 heterocycles. The first kappa shape index (κ1) is 22.9. The van der Waals surface area contributed by atoms with Gasteiger partial charge in [-0.3, -0.25) is 4.79 Å². The highest BCUT2D eigenvalue weighted by atomic mass is 32.2. The minimum absolute atomic E-state index is 0.137. The Labute approximate surface area is 184 Å². The molecule has 1 aliphatic carbocycles. The van der Waals surface area contributed by atoms with Crippen LogP contribution in [0.5, 0.6) is 0 Å². The molecule has 2 aliphatic heterocycles. The molecule has 0 unspecified atom stereocenters. The van der Waals surface area contributed by atoms with E-state index in [0.29, 0.717) is 30.3 Å². The summed E-state index contributed by atoms with van der Waals surface area (Å²) in [6.07, 6.45) is -1.46. The first-order valence-electron chi connectivity index (χ1n) is 10.8. The number of thioether (sulfide) groups is 1. The Morgan fingerprint density at radius 3 is 2.71 bits per heavy atom. The second-order valence-electron chi connectivity index (χ2n) is 8.92.